The van der Waals surface area contributed by atoms with Crippen molar-refractivity contribution in [1.29, 1.82) is 0 Å². The van der Waals surface area contributed by atoms with E-state index in [1.54, 1.807) is 0 Å². The van der Waals surface area contributed by atoms with Gasteiger partial charge in [-0.25, -0.2) is 0 Å². The lowest BCUT2D eigenvalue weighted by Crippen LogP contribution is -2.23. The fourth-order valence-electron chi connectivity index (χ4n) is 2.86. The van der Waals surface area contributed by atoms with E-state index in [9.17, 15) is 4.79 Å². The predicted octanol–water partition coefficient (Wildman–Crippen LogP) is 1.90. The second-order valence-electron chi connectivity index (χ2n) is 6.01. The highest BCUT2D eigenvalue weighted by atomic mass is 16.7. The Bertz CT molecular complexity index is 754. The number of nitrogens with one attached hydrogen (secondary N) is 1. The van der Waals surface area contributed by atoms with Gasteiger partial charge in [0.15, 0.2) is 17.3 Å². The van der Waals surface area contributed by atoms with Crippen molar-refractivity contribution in [3.8, 4) is 11.5 Å². The van der Waals surface area contributed by atoms with Crippen LogP contribution in [0.15, 0.2) is 22.7 Å². The van der Waals surface area contributed by atoms with E-state index >= 15 is 0 Å². The van der Waals surface area contributed by atoms with Gasteiger partial charge >= 0.3 is 0 Å². The Balaban J connectivity index is 1.24. The van der Waals surface area contributed by atoms with Gasteiger partial charge < -0.3 is 24.1 Å². The first-order chi connectivity index (χ1) is 12.3. The molecule has 8 nitrogen and oxygen atoms in total. The normalized spacial score (nSPS) is 18.5. The molecule has 25 heavy (non-hydrogen) atoms. The van der Waals surface area contributed by atoms with Crippen LogP contribution < -0.4 is 14.8 Å². The summed E-state index contributed by atoms with van der Waals surface area (Å²) in [6, 6.07) is 5.71. The maximum absolute atomic E-state index is 12.0. The van der Waals surface area contributed by atoms with Crippen molar-refractivity contribution in [3.63, 3.8) is 0 Å². The minimum Gasteiger partial charge on any atom is -0.454 e. The Morgan fingerprint density at radius 2 is 2.20 bits per heavy atom. The van der Waals surface area contributed by atoms with Crippen molar-refractivity contribution in [3.05, 3.63) is 35.5 Å². The second kappa shape index (κ2) is 7.10. The fraction of sp³-hybridized carbons (Fsp3) is 0.471. The molecule has 1 aromatic carbocycles. The first-order valence-corrected chi connectivity index (χ1v) is 8.37. The lowest BCUT2D eigenvalue weighted by atomic mass is 10.1. The number of benzene rings is 1. The molecule has 8 heteroatoms. The molecule has 1 N–H and O–H groups in total. The van der Waals surface area contributed by atoms with Gasteiger partial charge in [-0.1, -0.05) is 11.2 Å². The third kappa shape index (κ3) is 3.74. The van der Waals surface area contributed by atoms with Crippen molar-refractivity contribution < 1.29 is 23.5 Å². The van der Waals surface area contributed by atoms with Gasteiger partial charge in [-0.3, -0.25) is 4.79 Å². The SMILES string of the molecule is O=C(CCc1ccc2c(c1)OCO2)NCc1noc([C@@H]2CCCO2)n1. The van der Waals surface area contributed by atoms with Gasteiger partial charge in [-0.05, 0) is 37.0 Å². The van der Waals surface area contributed by atoms with Gasteiger partial charge in [0, 0.05) is 13.0 Å². The van der Waals surface area contributed by atoms with Gasteiger partial charge in [0.25, 0.3) is 5.89 Å². The second-order valence-corrected chi connectivity index (χ2v) is 6.01. The average Bonchev–Trinajstić information content (AvgIpc) is 3.38. The summed E-state index contributed by atoms with van der Waals surface area (Å²) in [6.07, 6.45) is 2.78. The number of amides is 1. The summed E-state index contributed by atoms with van der Waals surface area (Å²) in [6.45, 7) is 1.22. The number of aryl methyl sites for hydroxylation is 1. The zero-order valence-electron chi connectivity index (χ0n) is 13.7. The van der Waals surface area contributed by atoms with E-state index in [-0.39, 0.29) is 25.3 Å². The van der Waals surface area contributed by atoms with E-state index in [1.165, 1.54) is 0 Å². The molecule has 0 radical (unpaired) electrons. The van der Waals surface area contributed by atoms with Crippen LogP contribution in [-0.2, 0) is 22.5 Å². The van der Waals surface area contributed by atoms with Crippen molar-refractivity contribution in [2.45, 2.75) is 38.3 Å². The number of carbonyl (C=O) groups is 1. The van der Waals surface area contributed by atoms with Gasteiger partial charge in [0.05, 0.1) is 6.54 Å². The average molecular weight is 345 g/mol. The monoisotopic (exact) mass is 345 g/mol. The van der Waals surface area contributed by atoms with Crippen LogP contribution in [0, 0.1) is 0 Å². The number of rotatable bonds is 6. The summed E-state index contributed by atoms with van der Waals surface area (Å²) >= 11 is 0. The van der Waals surface area contributed by atoms with Gasteiger partial charge in [0.1, 0.15) is 6.10 Å². The molecule has 2 aliphatic rings. The molecule has 2 aromatic rings. The Morgan fingerprint density at radius 1 is 1.28 bits per heavy atom. The quantitative estimate of drug-likeness (QED) is 0.854. The minimum absolute atomic E-state index is 0.0684. The molecule has 3 heterocycles. The van der Waals surface area contributed by atoms with Crippen LogP contribution >= 0.6 is 0 Å². The van der Waals surface area contributed by atoms with E-state index in [0.717, 1.165) is 36.5 Å². The maximum atomic E-state index is 12.0. The van der Waals surface area contributed by atoms with Crippen LogP contribution in [0.25, 0.3) is 0 Å². The first kappa shape index (κ1) is 15.9. The molecule has 1 saturated heterocycles. The highest BCUT2D eigenvalue weighted by Crippen LogP contribution is 2.32. The van der Waals surface area contributed by atoms with Crippen LogP contribution in [0.3, 0.4) is 0 Å². The minimum atomic E-state index is -0.108. The number of nitrogens with zero attached hydrogens (tertiary/aromatic N) is 2. The molecular formula is C17H19N3O5. The Kier molecular flexibility index (Phi) is 4.51. The summed E-state index contributed by atoms with van der Waals surface area (Å²) in [4.78, 5) is 16.3. The Morgan fingerprint density at radius 3 is 3.08 bits per heavy atom. The van der Waals surface area contributed by atoms with E-state index < -0.39 is 0 Å². The van der Waals surface area contributed by atoms with E-state index in [2.05, 4.69) is 15.5 Å². The van der Waals surface area contributed by atoms with E-state index in [1.807, 2.05) is 18.2 Å². The molecule has 0 unspecified atom stereocenters. The highest BCUT2D eigenvalue weighted by Gasteiger charge is 2.23. The smallest absolute Gasteiger partial charge is 0.255 e. The van der Waals surface area contributed by atoms with Gasteiger partial charge in [-0.2, -0.15) is 4.98 Å². The highest BCUT2D eigenvalue weighted by molar-refractivity contribution is 5.76. The van der Waals surface area contributed by atoms with Crippen LogP contribution in [0.4, 0.5) is 0 Å². The van der Waals surface area contributed by atoms with Crippen molar-refractivity contribution in [2.75, 3.05) is 13.4 Å². The fourth-order valence-corrected chi connectivity index (χ4v) is 2.86. The number of carbonyl (C=O) groups excluding carboxylic acids is 1. The standard InChI is InChI=1S/C17H19N3O5/c21-16(6-4-11-3-5-12-14(8-11)24-10-23-12)18-9-15-19-17(25-20-15)13-2-1-7-22-13/h3,5,8,13H,1-2,4,6-7,9-10H2,(H,18,21)/t13-/m0/s1. The van der Waals surface area contributed by atoms with Crippen molar-refractivity contribution >= 4 is 5.91 Å². The van der Waals surface area contributed by atoms with Gasteiger partial charge in [0.2, 0.25) is 12.7 Å². The summed E-state index contributed by atoms with van der Waals surface area (Å²) in [5.41, 5.74) is 1.03. The Labute approximate surface area is 144 Å². The summed E-state index contributed by atoms with van der Waals surface area (Å²) < 4.78 is 21.3. The number of ether oxygens (including phenoxy) is 3. The predicted molar refractivity (Wildman–Crippen MR) is 85.0 cm³/mol. The van der Waals surface area contributed by atoms with Crippen molar-refractivity contribution in [2.24, 2.45) is 0 Å². The molecule has 0 bridgehead atoms. The Hall–Kier alpha value is -2.61. The molecule has 1 amide bonds. The molecule has 0 aliphatic carbocycles. The molecule has 1 fully saturated rings. The molecule has 0 saturated carbocycles. The third-order valence-electron chi connectivity index (χ3n) is 4.21. The number of fused-ring (bicyclic) bond motifs is 1. The van der Waals surface area contributed by atoms with E-state index in [0.29, 0.717) is 24.6 Å². The number of hydrogen-bond acceptors (Lipinski definition) is 7. The topological polar surface area (TPSA) is 95.7 Å². The van der Waals surface area contributed by atoms with Crippen molar-refractivity contribution in [1.82, 2.24) is 15.5 Å². The molecular weight excluding hydrogens is 326 g/mol. The first-order valence-electron chi connectivity index (χ1n) is 8.37. The van der Waals surface area contributed by atoms with E-state index in [4.69, 9.17) is 18.7 Å². The zero-order valence-corrected chi connectivity index (χ0v) is 13.7. The number of hydrogen-bond donors (Lipinski definition) is 1. The summed E-state index contributed by atoms with van der Waals surface area (Å²) in [5.74, 6) is 2.35. The maximum Gasteiger partial charge on any atom is 0.255 e. The zero-order chi connectivity index (χ0) is 17.1. The number of aromatic nitrogens is 2. The van der Waals surface area contributed by atoms with Crippen LogP contribution in [0.1, 0.15) is 42.6 Å². The largest absolute Gasteiger partial charge is 0.454 e. The molecule has 2 aliphatic heterocycles. The molecule has 1 aromatic heterocycles. The van der Waals surface area contributed by atoms with Crippen LogP contribution in [0.2, 0.25) is 0 Å². The third-order valence-corrected chi connectivity index (χ3v) is 4.21. The summed E-state index contributed by atoms with van der Waals surface area (Å²) in [5, 5.41) is 6.68. The van der Waals surface area contributed by atoms with Crippen LogP contribution in [0.5, 0.6) is 11.5 Å². The lowest BCUT2D eigenvalue weighted by Gasteiger charge is -2.04. The molecule has 1 atom stereocenters. The lowest BCUT2D eigenvalue weighted by molar-refractivity contribution is -0.121. The molecule has 4 rings (SSSR count). The summed E-state index contributed by atoms with van der Waals surface area (Å²) in [7, 11) is 0. The molecule has 0 spiro atoms. The van der Waals surface area contributed by atoms with Gasteiger partial charge in [-0.15, -0.1) is 0 Å². The molecule has 132 valence electrons. The van der Waals surface area contributed by atoms with Crippen LogP contribution in [-0.4, -0.2) is 29.4 Å².